The van der Waals surface area contributed by atoms with Crippen LogP contribution in [0.3, 0.4) is 0 Å². The Morgan fingerprint density at radius 3 is 1.81 bits per heavy atom. The second-order valence-electron chi connectivity index (χ2n) is 7.60. The first kappa shape index (κ1) is 19.5. The molecule has 0 N–H and O–H groups in total. The fourth-order valence-electron chi connectivity index (χ4n) is 5.58. The molecule has 3 aliphatic heterocycles. The van der Waals surface area contributed by atoms with Crippen LogP contribution in [-0.4, -0.2) is 49.8 Å². The van der Waals surface area contributed by atoms with E-state index in [4.69, 9.17) is 79.2 Å². The summed E-state index contributed by atoms with van der Waals surface area (Å²) in [6, 6.07) is 0. The number of rotatable bonds is 3. The Balaban J connectivity index is 1.61. The van der Waals surface area contributed by atoms with E-state index in [0.717, 1.165) is 5.06 Å². The van der Waals surface area contributed by atoms with E-state index in [0.29, 0.717) is 6.42 Å². The molecule has 2 aliphatic carbocycles. The molecule has 0 spiro atoms. The van der Waals surface area contributed by atoms with Gasteiger partial charge in [-0.05, 0) is 6.42 Å². The van der Waals surface area contributed by atoms with Crippen molar-refractivity contribution in [3.63, 3.8) is 0 Å². The number of hydroxylamine groups is 2. The average molecular weight is 496 g/mol. The molecule has 4 fully saturated rings. The van der Waals surface area contributed by atoms with Gasteiger partial charge in [-0.15, -0.1) is 23.2 Å². The maximum absolute atomic E-state index is 12.9. The Morgan fingerprint density at radius 2 is 1.41 bits per heavy atom. The molecule has 5 nitrogen and oxygen atoms in total. The fourth-order valence-corrected chi connectivity index (χ4v) is 8.64. The number of halogens is 6. The second-order valence-corrected chi connectivity index (χ2v) is 10.9. The highest BCUT2D eigenvalue weighted by Gasteiger charge is 2.90. The maximum atomic E-state index is 12.9. The van der Waals surface area contributed by atoms with Gasteiger partial charge in [-0.25, -0.2) is 0 Å². The molecule has 148 valence electrons. The second kappa shape index (κ2) is 5.61. The molecule has 5 rings (SSSR count). The molecular weight excluding hydrogens is 483 g/mol. The van der Waals surface area contributed by atoms with E-state index in [2.05, 4.69) is 0 Å². The third-order valence-corrected chi connectivity index (χ3v) is 10.9. The van der Waals surface area contributed by atoms with Crippen LogP contribution in [0, 0.1) is 23.7 Å². The quantitative estimate of drug-likeness (QED) is 0.441. The minimum atomic E-state index is -1.71. The number of carbonyl (C=O) groups is 2. The molecule has 0 aromatic carbocycles. The van der Waals surface area contributed by atoms with Crippen molar-refractivity contribution in [3.8, 4) is 0 Å². The molecule has 0 aromatic heterocycles. The topological polar surface area (TPSA) is 55.8 Å². The first-order valence-electron chi connectivity index (χ1n) is 8.54. The van der Waals surface area contributed by atoms with Gasteiger partial charge >= 0.3 is 0 Å². The first-order valence-corrected chi connectivity index (χ1v) is 10.8. The Labute approximate surface area is 185 Å². The molecule has 3 saturated heterocycles. The van der Waals surface area contributed by atoms with E-state index in [1.54, 1.807) is 0 Å². The highest BCUT2D eigenvalue weighted by molar-refractivity contribution is 6.65. The monoisotopic (exact) mass is 493 g/mol. The van der Waals surface area contributed by atoms with Gasteiger partial charge in [0, 0.05) is 11.8 Å². The molecule has 5 aliphatic rings. The first-order chi connectivity index (χ1) is 12.6. The van der Waals surface area contributed by atoms with Crippen molar-refractivity contribution in [3.05, 3.63) is 10.1 Å². The van der Waals surface area contributed by atoms with Crippen LogP contribution in [0.2, 0.25) is 0 Å². The number of amides is 2. The number of alkyl halides is 4. The molecule has 0 unspecified atom stereocenters. The van der Waals surface area contributed by atoms with Crippen LogP contribution in [0.4, 0.5) is 0 Å². The van der Waals surface area contributed by atoms with Gasteiger partial charge in [-0.3, -0.25) is 14.4 Å². The van der Waals surface area contributed by atoms with Crippen LogP contribution in [0.25, 0.3) is 0 Å². The smallest absolute Gasteiger partial charge is 0.260 e. The van der Waals surface area contributed by atoms with Gasteiger partial charge in [0.05, 0.1) is 40.7 Å². The summed E-state index contributed by atoms with van der Waals surface area (Å²) in [5, 5.41) is 0.975. The summed E-state index contributed by atoms with van der Waals surface area (Å²) in [5.41, 5.74) is 0. The highest BCUT2D eigenvalue weighted by Crippen LogP contribution is 2.81. The van der Waals surface area contributed by atoms with Crippen molar-refractivity contribution in [1.82, 2.24) is 5.06 Å². The zero-order valence-corrected chi connectivity index (χ0v) is 18.3. The molecular formula is C16H13Cl6NO4. The highest BCUT2D eigenvalue weighted by atomic mass is 35.5. The Hall–Kier alpha value is 0.540. The van der Waals surface area contributed by atoms with E-state index in [-0.39, 0.29) is 16.7 Å². The van der Waals surface area contributed by atoms with Crippen LogP contribution in [0.5, 0.6) is 0 Å². The van der Waals surface area contributed by atoms with Gasteiger partial charge in [0.25, 0.3) is 11.8 Å². The average Bonchev–Trinajstić information content (AvgIpc) is 3.31. The summed E-state index contributed by atoms with van der Waals surface area (Å²) < 4.78 is 4.33. The maximum Gasteiger partial charge on any atom is 0.260 e. The number of fused-ring (bicyclic) bond motifs is 12. The summed E-state index contributed by atoms with van der Waals surface area (Å²) in [6.45, 7) is 2.13. The summed E-state index contributed by atoms with van der Waals surface area (Å²) >= 11 is 39.8. The SMILES string of the molecule is CCCON1C(=O)[C@@H]2[C@H]3O[C@@H]([C@@H]2C1=O)[C@@H]1[C@@H]3[C@@]2(Cl)C(Cl)=C(Cl)[C@@]1(Cl)C2(Cl)Cl. The molecule has 3 heterocycles. The summed E-state index contributed by atoms with van der Waals surface area (Å²) in [5.74, 6) is -3.48. The molecule has 1 saturated carbocycles. The van der Waals surface area contributed by atoms with Gasteiger partial charge in [0.1, 0.15) is 9.75 Å². The Kier molecular flexibility index (Phi) is 4.05. The van der Waals surface area contributed by atoms with Crippen LogP contribution >= 0.6 is 69.6 Å². The lowest BCUT2D eigenvalue weighted by Gasteiger charge is -2.39. The number of ether oxygens (including phenoxy) is 1. The lowest BCUT2D eigenvalue weighted by Crippen LogP contribution is -2.50. The van der Waals surface area contributed by atoms with Gasteiger partial charge in [0.15, 0.2) is 4.33 Å². The Morgan fingerprint density at radius 1 is 0.963 bits per heavy atom. The number of hydrogen-bond donors (Lipinski definition) is 0. The van der Waals surface area contributed by atoms with E-state index in [1.165, 1.54) is 0 Å². The standard InChI is InChI=1S/C16H13Cl6NO4/c1-2-3-26-23-12(24)4-5(13(23)25)9-7-6(8(4)27-9)14(19)10(17)11(18)15(7,20)16(14,21)22/h4-9H,2-3H2,1H3/t4-,5+,6-,7-,8+,9-,14+,15+/m0/s1. The molecule has 4 bridgehead atoms. The largest absolute Gasteiger partial charge is 0.373 e. The van der Waals surface area contributed by atoms with Gasteiger partial charge in [-0.2, -0.15) is 5.06 Å². The van der Waals surface area contributed by atoms with Crippen molar-refractivity contribution in [2.24, 2.45) is 23.7 Å². The number of carbonyl (C=O) groups excluding carboxylic acids is 2. The van der Waals surface area contributed by atoms with E-state index in [9.17, 15) is 9.59 Å². The van der Waals surface area contributed by atoms with Gasteiger partial charge in [-0.1, -0.05) is 53.3 Å². The van der Waals surface area contributed by atoms with E-state index < -0.39 is 61.8 Å². The van der Waals surface area contributed by atoms with Crippen LogP contribution in [0.1, 0.15) is 13.3 Å². The predicted molar refractivity (Wildman–Crippen MR) is 101 cm³/mol. The van der Waals surface area contributed by atoms with Crippen molar-refractivity contribution in [1.29, 1.82) is 0 Å². The van der Waals surface area contributed by atoms with Crippen LogP contribution in [-0.2, 0) is 19.2 Å². The minimum absolute atomic E-state index is 0.0654. The van der Waals surface area contributed by atoms with E-state index >= 15 is 0 Å². The zero-order valence-electron chi connectivity index (χ0n) is 13.7. The van der Waals surface area contributed by atoms with Crippen molar-refractivity contribution < 1.29 is 19.2 Å². The third-order valence-electron chi connectivity index (χ3n) is 6.56. The molecule has 11 heteroatoms. The van der Waals surface area contributed by atoms with Crippen molar-refractivity contribution >= 4 is 81.4 Å². The van der Waals surface area contributed by atoms with Crippen molar-refractivity contribution in [2.45, 2.75) is 39.6 Å². The van der Waals surface area contributed by atoms with Gasteiger partial charge < -0.3 is 4.74 Å². The summed E-state index contributed by atoms with van der Waals surface area (Å²) in [6.07, 6.45) is -0.748. The predicted octanol–water partition coefficient (Wildman–Crippen LogP) is 3.79. The lowest BCUT2D eigenvalue weighted by atomic mass is 9.65. The van der Waals surface area contributed by atoms with Crippen molar-refractivity contribution in [2.75, 3.05) is 6.61 Å². The fraction of sp³-hybridized carbons (Fsp3) is 0.750. The number of nitrogens with zero attached hydrogens (tertiary/aromatic N) is 1. The molecule has 2 amide bonds. The molecule has 8 atom stereocenters. The summed E-state index contributed by atoms with van der Waals surface area (Å²) in [4.78, 5) is 28.1. The Bertz CT molecular complexity index is 761. The third kappa shape index (κ3) is 1.79. The van der Waals surface area contributed by atoms with Gasteiger partial charge in [0.2, 0.25) is 0 Å². The lowest BCUT2D eigenvalue weighted by molar-refractivity contribution is -0.192. The number of hydrogen-bond acceptors (Lipinski definition) is 4. The van der Waals surface area contributed by atoms with E-state index in [1.807, 2.05) is 6.92 Å². The summed E-state index contributed by atoms with van der Waals surface area (Å²) in [7, 11) is 0. The molecule has 27 heavy (non-hydrogen) atoms. The zero-order chi connectivity index (χ0) is 19.7. The minimum Gasteiger partial charge on any atom is -0.373 e. The normalized spacial score (nSPS) is 51.6. The number of imide groups is 1. The molecule has 0 radical (unpaired) electrons. The van der Waals surface area contributed by atoms with Crippen LogP contribution in [0.15, 0.2) is 10.1 Å². The number of allylic oxidation sites excluding steroid dienone is 2. The molecule has 0 aromatic rings. The van der Waals surface area contributed by atoms with Crippen LogP contribution < -0.4 is 0 Å².